The van der Waals surface area contributed by atoms with E-state index < -0.39 is 34.1 Å². The van der Waals surface area contributed by atoms with Gasteiger partial charge in [0.25, 0.3) is 0 Å². The lowest BCUT2D eigenvalue weighted by atomic mass is 10.1. The first-order valence-corrected chi connectivity index (χ1v) is 6.88. The highest BCUT2D eigenvalue weighted by molar-refractivity contribution is 6.39. The number of carbonyl (C=O) groups excluding carboxylic acids is 1. The standard InChI is InChI=1S/C14H6Cl2F3NO4/c15-8-2-1-3-9(16)12(8)13(21)24-11-5-4-7(14(17,18)19)6-10(11)20(22)23/h1-6H. The van der Waals surface area contributed by atoms with E-state index in [0.717, 1.165) is 0 Å². The van der Waals surface area contributed by atoms with Crippen LogP contribution in [0.3, 0.4) is 0 Å². The van der Waals surface area contributed by atoms with Gasteiger partial charge in [-0.15, -0.1) is 0 Å². The number of rotatable bonds is 3. The SMILES string of the molecule is O=C(Oc1ccc(C(F)(F)F)cc1[N+](=O)[O-])c1c(Cl)cccc1Cl. The van der Waals surface area contributed by atoms with Gasteiger partial charge in [-0.1, -0.05) is 29.3 Å². The lowest BCUT2D eigenvalue weighted by Gasteiger charge is -2.10. The van der Waals surface area contributed by atoms with Gasteiger partial charge in [0.15, 0.2) is 0 Å². The highest BCUT2D eigenvalue weighted by Gasteiger charge is 2.34. The van der Waals surface area contributed by atoms with Gasteiger partial charge in [0, 0.05) is 6.07 Å². The molecule has 0 unspecified atom stereocenters. The molecular weight excluding hydrogens is 374 g/mol. The molecule has 5 nitrogen and oxygen atoms in total. The van der Waals surface area contributed by atoms with Crippen LogP contribution >= 0.6 is 23.2 Å². The summed E-state index contributed by atoms with van der Waals surface area (Å²) in [5.74, 6) is -1.79. The van der Waals surface area contributed by atoms with Crippen molar-refractivity contribution in [1.82, 2.24) is 0 Å². The lowest BCUT2D eigenvalue weighted by Crippen LogP contribution is -2.12. The Hall–Kier alpha value is -2.32. The van der Waals surface area contributed by atoms with E-state index in [1.54, 1.807) is 0 Å². The highest BCUT2D eigenvalue weighted by atomic mass is 35.5. The van der Waals surface area contributed by atoms with Crippen molar-refractivity contribution in [3.05, 3.63) is 67.7 Å². The normalized spacial score (nSPS) is 11.2. The van der Waals surface area contributed by atoms with Crippen molar-refractivity contribution in [3.8, 4) is 5.75 Å². The molecule has 0 N–H and O–H groups in total. The first-order valence-electron chi connectivity index (χ1n) is 6.13. The van der Waals surface area contributed by atoms with E-state index in [1.807, 2.05) is 0 Å². The summed E-state index contributed by atoms with van der Waals surface area (Å²) in [5.41, 5.74) is -2.51. The van der Waals surface area contributed by atoms with Crippen molar-refractivity contribution in [3.63, 3.8) is 0 Å². The number of nitro groups is 1. The van der Waals surface area contributed by atoms with Gasteiger partial charge in [-0.05, 0) is 24.3 Å². The predicted molar refractivity (Wildman–Crippen MR) is 79.5 cm³/mol. The Bertz CT molecular complexity index is 804. The van der Waals surface area contributed by atoms with E-state index in [2.05, 4.69) is 0 Å². The second-order valence-corrected chi connectivity index (χ2v) is 5.24. The zero-order valence-electron chi connectivity index (χ0n) is 11.4. The van der Waals surface area contributed by atoms with Crippen LogP contribution in [0.2, 0.25) is 10.0 Å². The van der Waals surface area contributed by atoms with Gasteiger partial charge in [-0.25, -0.2) is 4.79 Å². The molecular formula is C14H6Cl2F3NO4. The molecule has 0 amide bonds. The lowest BCUT2D eigenvalue weighted by molar-refractivity contribution is -0.385. The van der Waals surface area contributed by atoms with Gasteiger partial charge in [-0.3, -0.25) is 10.1 Å². The number of benzene rings is 2. The van der Waals surface area contributed by atoms with Crippen LogP contribution in [0.5, 0.6) is 5.75 Å². The van der Waals surface area contributed by atoms with Crippen LogP contribution in [0.15, 0.2) is 36.4 Å². The molecule has 24 heavy (non-hydrogen) atoms. The number of ether oxygens (including phenoxy) is 1. The van der Waals surface area contributed by atoms with E-state index >= 15 is 0 Å². The van der Waals surface area contributed by atoms with E-state index in [-0.39, 0.29) is 21.7 Å². The summed E-state index contributed by atoms with van der Waals surface area (Å²) in [7, 11) is 0. The Morgan fingerprint density at radius 2 is 1.71 bits per heavy atom. The van der Waals surface area contributed by atoms with Gasteiger partial charge in [0.2, 0.25) is 5.75 Å². The van der Waals surface area contributed by atoms with Crippen LogP contribution in [0.25, 0.3) is 0 Å². The molecule has 0 heterocycles. The van der Waals surface area contributed by atoms with Gasteiger partial charge in [0.05, 0.1) is 26.1 Å². The second-order valence-electron chi connectivity index (χ2n) is 4.42. The van der Waals surface area contributed by atoms with Crippen LogP contribution < -0.4 is 4.74 Å². The topological polar surface area (TPSA) is 69.4 Å². The van der Waals surface area contributed by atoms with E-state index in [4.69, 9.17) is 27.9 Å². The Balaban J connectivity index is 2.43. The molecule has 10 heteroatoms. The molecule has 2 aromatic carbocycles. The minimum Gasteiger partial charge on any atom is -0.415 e. The average molecular weight is 380 g/mol. The molecule has 0 aliphatic rings. The summed E-state index contributed by atoms with van der Waals surface area (Å²) in [5, 5.41) is 10.8. The summed E-state index contributed by atoms with van der Waals surface area (Å²) in [6.45, 7) is 0. The Morgan fingerprint density at radius 1 is 1.12 bits per heavy atom. The monoisotopic (exact) mass is 379 g/mol. The maximum atomic E-state index is 12.6. The predicted octanol–water partition coefficient (Wildman–Crippen LogP) is 5.14. The molecule has 0 aliphatic heterocycles. The third-order valence-corrected chi connectivity index (χ3v) is 3.48. The quantitative estimate of drug-likeness (QED) is 0.320. The van der Waals surface area contributed by atoms with Crippen molar-refractivity contribution >= 4 is 34.9 Å². The average Bonchev–Trinajstić information content (AvgIpc) is 2.46. The highest BCUT2D eigenvalue weighted by Crippen LogP contribution is 2.36. The van der Waals surface area contributed by atoms with Gasteiger partial charge in [0.1, 0.15) is 0 Å². The summed E-state index contributed by atoms with van der Waals surface area (Å²) in [6, 6.07) is 5.66. The third kappa shape index (κ3) is 3.77. The van der Waals surface area contributed by atoms with Crippen molar-refractivity contribution in [2.75, 3.05) is 0 Å². The summed E-state index contributed by atoms with van der Waals surface area (Å²) < 4.78 is 42.7. The first kappa shape index (κ1) is 18.0. The zero-order chi connectivity index (χ0) is 18.1. The largest absolute Gasteiger partial charge is 0.416 e. The molecule has 0 aliphatic carbocycles. The van der Waals surface area contributed by atoms with Crippen molar-refractivity contribution < 1.29 is 27.6 Å². The molecule has 0 fully saturated rings. The Kier molecular flexibility index (Phi) is 5.00. The van der Waals surface area contributed by atoms with Crippen LogP contribution in [0, 0.1) is 10.1 Å². The Morgan fingerprint density at radius 3 is 2.21 bits per heavy atom. The number of carbonyl (C=O) groups is 1. The van der Waals surface area contributed by atoms with E-state index in [0.29, 0.717) is 12.1 Å². The molecule has 0 bridgehead atoms. The second kappa shape index (κ2) is 6.66. The number of nitro benzene ring substituents is 1. The van der Waals surface area contributed by atoms with E-state index in [1.165, 1.54) is 18.2 Å². The van der Waals surface area contributed by atoms with Crippen molar-refractivity contribution in [2.45, 2.75) is 6.18 Å². The van der Waals surface area contributed by atoms with Crippen LogP contribution in [0.1, 0.15) is 15.9 Å². The molecule has 2 aromatic rings. The smallest absolute Gasteiger partial charge is 0.415 e. The number of alkyl halides is 3. The van der Waals surface area contributed by atoms with Gasteiger partial charge in [-0.2, -0.15) is 13.2 Å². The molecule has 0 radical (unpaired) electrons. The first-order chi connectivity index (χ1) is 11.1. The minimum atomic E-state index is -4.78. The fraction of sp³-hybridized carbons (Fsp3) is 0.0714. The fourth-order valence-electron chi connectivity index (χ4n) is 1.77. The van der Waals surface area contributed by atoms with Crippen LogP contribution in [0.4, 0.5) is 18.9 Å². The molecule has 0 aromatic heterocycles. The molecule has 0 spiro atoms. The molecule has 0 atom stereocenters. The van der Waals surface area contributed by atoms with Gasteiger partial charge < -0.3 is 4.74 Å². The minimum absolute atomic E-state index is 0.0675. The zero-order valence-corrected chi connectivity index (χ0v) is 12.9. The van der Waals surface area contributed by atoms with Gasteiger partial charge >= 0.3 is 17.8 Å². The maximum Gasteiger partial charge on any atom is 0.416 e. The van der Waals surface area contributed by atoms with Crippen LogP contribution in [-0.4, -0.2) is 10.9 Å². The molecule has 126 valence electrons. The van der Waals surface area contributed by atoms with Crippen molar-refractivity contribution in [2.24, 2.45) is 0 Å². The number of nitrogens with zero attached hydrogens (tertiary/aromatic N) is 1. The summed E-state index contributed by atoms with van der Waals surface area (Å²) in [4.78, 5) is 21.9. The van der Waals surface area contributed by atoms with Crippen LogP contribution in [-0.2, 0) is 6.18 Å². The molecule has 0 saturated heterocycles. The molecule has 2 rings (SSSR count). The van der Waals surface area contributed by atoms with E-state index in [9.17, 15) is 28.1 Å². The molecule has 0 saturated carbocycles. The number of esters is 1. The Labute approximate surface area is 142 Å². The number of hydrogen-bond acceptors (Lipinski definition) is 4. The summed E-state index contributed by atoms with van der Waals surface area (Å²) >= 11 is 11.6. The summed E-state index contributed by atoms with van der Waals surface area (Å²) in [6.07, 6.45) is -4.78. The maximum absolute atomic E-state index is 12.6. The number of hydrogen-bond donors (Lipinski definition) is 0. The third-order valence-electron chi connectivity index (χ3n) is 2.85. The number of halogens is 5. The van der Waals surface area contributed by atoms with Crippen molar-refractivity contribution in [1.29, 1.82) is 0 Å². The fourth-order valence-corrected chi connectivity index (χ4v) is 2.32.